The van der Waals surface area contributed by atoms with E-state index in [1.807, 2.05) is 43.3 Å². The molecule has 2 bridgehead atoms. The second-order valence-electron chi connectivity index (χ2n) is 9.18. The van der Waals surface area contributed by atoms with E-state index in [1.165, 1.54) is 0 Å². The van der Waals surface area contributed by atoms with Gasteiger partial charge in [-0.3, -0.25) is 9.59 Å². The third-order valence-electron chi connectivity index (χ3n) is 7.22. The number of anilines is 1. The highest BCUT2D eigenvalue weighted by Gasteiger charge is 2.60. The van der Waals surface area contributed by atoms with Gasteiger partial charge in [0.1, 0.15) is 17.2 Å². The number of furan rings is 1. The van der Waals surface area contributed by atoms with E-state index in [-0.39, 0.29) is 29.1 Å². The normalized spacial score (nSPS) is 32.4. The Morgan fingerprint density at radius 2 is 2.07 bits per heavy atom. The standard InChI is InChI=1S/C23H27N3O3/c1-14-7-8-16(29-14)12-24-21(28)18-11-15-9-10-22(18,2)13-23(15)25-19-6-4-3-5-17(19)20(27)26-23/h3-8,15,18,25H,9-13H2,1-2H3,(H,24,28)(H,26,27)/t15-,18-,22+,23-/m1/s1. The third-order valence-corrected chi connectivity index (χ3v) is 7.22. The van der Waals surface area contributed by atoms with Gasteiger partial charge in [0.2, 0.25) is 5.91 Å². The number of hydrogen-bond acceptors (Lipinski definition) is 4. The molecular formula is C23H27N3O3. The minimum Gasteiger partial charge on any atom is -0.465 e. The van der Waals surface area contributed by atoms with Crippen LogP contribution in [0.1, 0.15) is 54.5 Å². The van der Waals surface area contributed by atoms with E-state index in [2.05, 4.69) is 22.9 Å². The molecule has 3 fully saturated rings. The molecule has 6 rings (SSSR count). The quantitative estimate of drug-likeness (QED) is 0.744. The van der Waals surface area contributed by atoms with Gasteiger partial charge >= 0.3 is 0 Å². The van der Waals surface area contributed by atoms with Gasteiger partial charge in [0, 0.05) is 17.5 Å². The summed E-state index contributed by atoms with van der Waals surface area (Å²) in [5, 5.41) is 9.98. The van der Waals surface area contributed by atoms with E-state index in [0.29, 0.717) is 12.1 Å². The van der Waals surface area contributed by atoms with Crippen molar-refractivity contribution in [3.63, 3.8) is 0 Å². The fraction of sp³-hybridized carbons (Fsp3) is 0.478. The van der Waals surface area contributed by atoms with Crippen molar-refractivity contribution < 1.29 is 14.0 Å². The molecule has 2 aromatic rings. The highest BCUT2D eigenvalue weighted by atomic mass is 16.3. The van der Waals surface area contributed by atoms with Gasteiger partial charge in [-0.2, -0.15) is 0 Å². The molecular weight excluding hydrogens is 366 g/mol. The molecule has 152 valence electrons. The molecule has 4 atom stereocenters. The Bertz CT molecular complexity index is 983. The number of rotatable bonds is 3. The van der Waals surface area contributed by atoms with E-state index >= 15 is 0 Å². The number of amides is 2. The van der Waals surface area contributed by atoms with Crippen molar-refractivity contribution in [1.29, 1.82) is 0 Å². The molecule has 29 heavy (non-hydrogen) atoms. The van der Waals surface area contributed by atoms with E-state index in [0.717, 1.165) is 42.9 Å². The first-order valence-electron chi connectivity index (χ1n) is 10.4. The first-order valence-corrected chi connectivity index (χ1v) is 10.4. The minimum absolute atomic E-state index is 0.0234. The summed E-state index contributed by atoms with van der Waals surface area (Å²) in [6.45, 7) is 4.51. The van der Waals surface area contributed by atoms with Crippen LogP contribution in [0.15, 0.2) is 40.8 Å². The lowest BCUT2D eigenvalue weighted by Crippen LogP contribution is -2.70. The summed E-state index contributed by atoms with van der Waals surface area (Å²) >= 11 is 0. The van der Waals surface area contributed by atoms with Gasteiger partial charge in [-0.15, -0.1) is 0 Å². The highest BCUT2D eigenvalue weighted by molar-refractivity contribution is 6.02. The molecule has 3 N–H and O–H groups in total. The average molecular weight is 393 g/mol. The Morgan fingerprint density at radius 1 is 1.24 bits per heavy atom. The second-order valence-corrected chi connectivity index (χ2v) is 9.18. The Labute approximate surface area is 170 Å². The molecule has 1 spiro atoms. The molecule has 6 heteroatoms. The molecule has 1 aliphatic heterocycles. The van der Waals surface area contributed by atoms with Crippen LogP contribution in [0, 0.1) is 24.2 Å². The van der Waals surface area contributed by atoms with E-state index in [1.54, 1.807) is 0 Å². The number of benzene rings is 1. The smallest absolute Gasteiger partial charge is 0.255 e. The van der Waals surface area contributed by atoms with Crippen molar-refractivity contribution in [1.82, 2.24) is 10.6 Å². The summed E-state index contributed by atoms with van der Waals surface area (Å²) in [4.78, 5) is 25.8. The third kappa shape index (κ3) is 2.93. The number of fused-ring (bicyclic) bond motifs is 3. The Hall–Kier alpha value is -2.76. The number of hydrogen-bond donors (Lipinski definition) is 3. The second kappa shape index (κ2) is 6.37. The zero-order valence-corrected chi connectivity index (χ0v) is 16.9. The van der Waals surface area contributed by atoms with Crippen LogP contribution >= 0.6 is 0 Å². The van der Waals surface area contributed by atoms with Gasteiger partial charge < -0.3 is 20.4 Å². The molecule has 3 saturated carbocycles. The molecule has 0 unspecified atom stereocenters. The van der Waals surface area contributed by atoms with Crippen LogP contribution in [0.5, 0.6) is 0 Å². The van der Waals surface area contributed by atoms with Crippen LogP contribution < -0.4 is 16.0 Å². The van der Waals surface area contributed by atoms with Gasteiger partial charge in [0.05, 0.1) is 12.1 Å². The van der Waals surface area contributed by atoms with Gasteiger partial charge in [0.15, 0.2) is 0 Å². The van der Waals surface area contributed by atoms with Crippen LogP contribution in [0.25, 0.3) is 0 Å². The molecule has 2 heterocycles. The summed E-state index contributed by atoms with van der Waals surface area (Å²) in [5.41, 5.74) is 0.951. The van der Waals surface area contributed by atoms with Crippen LogP contribution in [0.3, 0.4) is 0 Å². The maximum Gasteiger partial charge on any atom is 0.255 e. The lowest BCUT2D eigenvalue weighted by atomic mass is 9.51. The van der Waals surface area contributed by atoms with E-state index < -0.39 is 5.66 Å². The summed E-state index contributed by atoms with van der Waals surface area (Å²) in [7, 11) is 0. The molecule has 2 amide bonds. The number of nitrogens with one attached hydrogen (secondary N) is 3. The zero-order valence-electron chi connectivity index (χ0n) is 16.9. The fourth-order valence-electron chi connectivity index (χ4n) is 5.73. The number of para-hydroxylation sites is 1. The monoisotopic (exact) mass is 393 g/mol. The van der Waals surface area contributed by atoms with Crippen LogP contribution in [0.4, 0.5) is 5.69 Å². The van der Waals surface area contributed by atoms with Gasteiger partial charge in [-0.1, -0.05) is 19.1 Å². The van der Waals surface area contributed by atoms with E-state index in [9.17, 15) is 9.59 Å². The summed E-state index contributed by atoms with van der Waals surface area (Å²) in [6, 6.07) is 11.5. The van der Waals surface area contributed by atoms with Crippen molar-refractivity contribution in [3.05, 3.63) is 53.5 Å². The van der Waals surface area contributed by atoms with Gasteiger partial charge in [-0.25, -0.2) is 0 Å². The summed E-state index contributed by atoms with van der Waals surface area (Å²) in [6.07, 6.45) is 3.53. The molecule has 1 aromatic heterocycles. The summed E-state index contributed by atoms with van der Waals surface area (Å²) < 4.78 is 5.57. The fourth-order valence-corrected chi connectivity index (χ4v) is 5.73. The van der Waals surface area contributed by atoms with Gasteiger partial charge in [-0.05, 0) is 62.3 Å². The molecule has 3 aliphatic carbocycles. The molecule has 1 aromatic carbocycles. The minimum atomic E-state index is -0.465. The van der Waals surface area contributed by atoms with E-state index in [4.69, 9.17) is 4.42 Å². The lowest BCUT2D eigenvalue weighted by molar-refractivity contribution is -0.139. The average Bonchev–Trinajstić information content (AvgIpc) is 3.11. The van der Waals surface area contributed by atoms with Crippen molar-refractivity contribution in [3.8, 4) is 0 Å². The largest absolute Gasteiger partial charge is 0.465 e. The highest BCUT2D eigenvalue weighted by Crippen LogP contribution is 2.58. The molecule has 4 aliphatic rings. The van der Waals surface area contributed by atoms with Crippen molar-refractivity contribution in [2.24, 2.45) is 17.3 Å². The topological polar surface area (TPSA) is 83.4 Å². The maximum absolute atomic E-state index is 13.0. The van der Waals surface area contributed by atoms with Crippen molar-refractivity contribution in [2.45, 2.75) is 51.7 Å². The van der Waals surface area contributed by atoms with Crippen molar-refractivity contribution >= 4 is 17.5 Å². The first-order chi connectivity index (χ1) is 13.9. The maximum atomic E-state index is 13.0. The lowest BCUT2D eigenvalue weighted by Gasteiger charge is -2.60. The Kier molecular flexibility index (Phi) is 4.02. The van der Waals surface area contributed by atoms with Crippen LogP contribution in [-0.4, -0.2) is 17.5 Å². The summed E-state index contributed by atoms with van der Waals surface area (Å²) in [5.74, 6) is 1.85. The SMILES string of the molecule is Cc1ccc(CNC(=O)[C@H]2C[C@H]3CC[C@@]2(C)C[C@@]32NC(=O)c3ccccc3N2)o1. The molecule has 6 nitrogen and oxygen atoms in total. The van der Waals surface area contributed by atoms with Crippen molar-refractivity contribution in [2.75, 3.05) is 5.32 Å². The molecule has 0 saturated heterocycles. The van der Waals surface area contributed by atoms with Crippen LogP contribution in [0.2, 0.25) is 0 Å². The number of carbonyl (C=O) groups excluding carboxylic acids is 2. The van der Waals surface area contributed by atoms with Crippen LogP contribution in [-0.2, 0) is 11.3 Å². The Morgan fingerprint density at radius 3 is 2.83 bits per heavy atom. The predicted octanol–water partition coefficient (Wildman–Crippen LogP) is 3.58. The van der Waals surface area contributed by atoms with Gasteiger partial charge in [0.25, 0.3) is 5.91 Å². The first kappa shape index (κ1) is 18.3. The zero-order chi connectivity index (χ0) is 20.2. The molecule has 0 radical (unpaired) electrons. The number of aryl methyl sites for hydroxylation is 1. The Balaban J connectivity index is 1.35. The predicted molar refractivity (Wildman–Crippen MR) is 109 cm³/mol. The number of carbonyl (C=O) groups is 2.